The Morgan fingerprint density at radius 1 is 0.976 bits per heavy atom. The predicted molar refractivity (Wildman–Crippen MR) is 157 cm³/mol. The van der Waals surface area contributed by atoms with Crippen molar-refractivity contribution in [2.75, 3.05) is 72.0 Å². The molecule has 0 bridgehead atoms. The zero-order valence-corrected chi connectivity index (χ0v) is 24.3. The quantitative estimate of drug-likeness (QED) is 0.318. The molecule has 1 N–H and O–H groups in total. The first-order valence-electron chi connectivity index (χ1n) is 13.6. The largest absolute Gasteiger partial charge is 0.493 e. The highest BCUT2D eigenvalue weighted by atomic mass is 35.5. The van der Waals surface area contributed by atoms with Crippen LogP contribution in [0.25, 0.3) is 0 Å². The van der Waals surface area contributed by atoms with Crippen molar-refractivity contribution in [2.45, 2.75) is 13.0 Å². The molecule has 3 amide bonds. The number of morpholine rings is 1. The predicted octanol–water partition coefficient (Wildman–Crippen LogP) is 4.39. The molecule has 1 aromatic heterocycles. The number of carbonyl (C=O) groups excluding carboxylic acids is 2. The summed E-state index contributed by atoms with van der Waals surface area (Å²) in [5.74, 6) is 1.75. The molecule has 1 aliphatic heterocycles. The fourth-order valence-electron chi connectivity index (χ4n) is 4.52. The fraction of sp³-hybridized carbons (Fsp3) is 0.400. The van der Waals surface area contributed by atoms with E-state index in [2.05, 4.69) is 10.2 Å². The van der Waals surface area contributed by atoms with Crippen molar-refractivity contribution in [3.05, 3.63) is 77.2 Å². The van der Waals surface area contributed by atoms with E-state index in [0.717, 1.165) is 18.7 Å². The molecule has 1 fully saturated rings. The van der Waals surface area contributed by atoms with Crippen LogP contribution in [0.5, 0.6) is 11.5 Å². The highest BCUT2D eigenvalue weighted by Crippen LogP contribution is 2.28. The number of nitrogens with zero attached hydrogens (tertiary/aromatic N) is 3. The van der Waals surface area contributed by atoms with E-state index in [1.807, 2.05) is 24.3 Å². The van der Waals surface area contributed by atoms with E-state index in [1.54, 1.807) is 60.6 Å². The smallest absolute Gasteiger partial charge is 0.322 e. The van der Waals surface area contributed by atoms with Gasteiger partial charge in [0.05, 0.1) is 40.2 Å². The van der Waals surface area contributed by atoms with Crippen LogP contribution in [0.1, 0.15) is 11.3 Å². The molecule has 0 spiro atoms. The fourth-order valence-corrected chi connectivity index (χ4v) is 4.65. The van der Waals surface area contributed by atoms with Crippen molar-refractivity contribution >= 4 is 29.2 Å². The molecule has 41 heavy (non-hydrogen) atoms. The van der Waals surface area contributed by atoms with Crippen molar-refractivity contribution in [2.24, 2.45) is 0 Å². The Morgan fingerprint density at radius 2 is 1.73 bits per heavy atom. The number of urea groups is 1. The first kappa shape index (κ1) is 30.2. The van der Waals surface area contributed by atoms with Gasteiger partial charge < -0.3 is 33.7 Å². The number of anilines is 1. The van der Waals surface area contributed by atoms with Crippen molar-refractivity contribution < 1.29 is 28.2 Å². The Hall–Kier alpha value is -3.73. The third-order valence-corrected chi connectivity index (χ3v) is 7.15. The minimum atomic E-state index is -0.355. The number of amides is 3. The lowest BCUT2D eigenvalue weighted by Gasteiger charge is -2.31. The summed E-state index contributed by atoms with van der Waals surface area (Å²) < 4.78 is 21.8. The number of hydrogen-bond acceptors (Lipinski definition) is 7. The van der Waals surface area contributed by atoms with Crippen molar-refractivity contribution in [1.29, 1.82) is 0 Å². The van der Waals surface area contributed by atoms with E-state index in [-0.39, 0.29) is 25.0 Å². The van der Waals surface area contributed by atoms with Gasteiger partial charge in [-0.05, 0) is 60.5 Å². The Morgan fingerprint density at radius 3 is 2.41 bits per heavy atom. The maximum atomic E-state index is 13.7. The highest BCUT2D eigenvalue weighted by Gasteiger charge is 2.24. The van der Waals surface area contributed by atoms with Gasteiger partial charge in [0.1, 0.15) is 12.3 Å². The molecule has 11 heteroatoms. The number of benzene rings is 2. The summed E-state index contributed by atoms with van der Waals surface area (Å²) in [6.45, 7) is 4.53. The van der Waals surface area contributed by atoms with Gasteiger partial charge in [-0.2, -0.15) is 0 Å². The van der Waals surface area contributed by atoms with Gasteiger partial charge in [-0.15, -0.1) is 0 Å². The first-order valence-corrected chi connectivity index (χ1v) is 14.0. The molecule has 0 saturated carbocycles. The van der Waals surface area contributed by atoms with E-state index >= 15 is 0 Å². The molecule has 2 heterocycles. The van der Waals surface area contributed by atoms with Gasteiger partial charge in [-0.25, -0.2) is 4.79 Å². The summed E-state index contributed by atoms with van der Waals surface area (Å²) in [6, 6.07) is 15.9. The number of rotatable bonds is 13. The number of furan rings is 1. The molecule has 10 nitrogen and oxygen atoms in total. The maximum absolute atomic E-state index is 13.7. The van der Waals surface area contributed by atoms with Gasteiger partial charge in [0.15, 0.2) is 11.5 Å². The zero-order valence-electron chi connectivity index (χ0n) is 23.5. The molecule has 1 aliphatic rings. The van der Waals surface area contributed by atoms with Gasteiger partial charge in [-0.3, -0.25) is 9.69 Å². The number of halogens is 1. The molecule has 2 aromatic carbocycles. The Bertz CT molecular complexity index is 1250. The van der Waals surface area contributed by atoms with Crippen LogP contribution in [0, 0.1) is 0 Å². The average Bonchev–Trinajstić information content (AvgIpc) is 3.52. The van der Waals surface area contributed by atoms with Gasteiger partial charge in [-0.1, -0.05) is 17.7 Å². The molecule has 0 radical (unpaired) electrons. The number of ether oxygens (including phenoxy) is 3. The number of carbonyl (C=O) groups is 2. The summed E-state index contributed by atoms with van der Waals surface area (Å²) in [5, 5.41) is 3.47. The Kier molecular flexibility index (Phi) is 11.3. The molecule has 4 rings (SSSR count). The Labute approximate surface area is 245 Å². The summed E-state index contributed by atoms with van der Waals surface area (Å²) >= 11 is 6.00. The monoisotopic (exact) mass is 584 g/mol. The van der Waals surface area contributed by atoms with Crippen LogP contribution < -0.4 is 14.8 Å². The van der Waals surface area contributed by atoms with Gasteiger partial charge in [0.2, 0.25) is 5.91 Å². The third kappa shape index (κ3) is 9.14. The molecule has 0 aliphatic carbocycles. The second-order valence-electron chi connectivity index (χ2n) is 9.65. The van der Waals surface area contributed by atoms with Crippen molar-refractivity contribution in [1.82, 2.24) is 14.7 Å². The standard InChI is InChI=1S/C30H37ClN4O6/c1-38-27-10-5-23(20-28(27)39-2)11-12-34(21-26-4-3-17-41-26)29(36)22-35(14-13-33-15-18-40-19-16-33)30(37)32-25-8-6-24(31)7-9-25/h3-10,17,20H,11-16,18-19,21-22H2,1-2H3,(H,32,37). The van der Waals surface area contributed by atoms with E-state index in [1.165, 1.54) is 0 Å². The van der Waals surface area contributed by atoms with Gasteiger partial charge >= 0.3 is 6.03 Å². The maximum Gasteiger partial charge on any atom is 0.322 e. The van der Waals surface area contributed by atoms with Gasteiger partial charge in [0, 0.05) is 43.4 Å². The summed E-state index contributed by atoms with van der Waals surface area (Å²) in [5.41, 5.74) is 1.59. The molecular formula is C30H37ClN4O6. The second-order valence-corrected chi connectivity index (χ2v) is 10.1. The first-order chi connectivity index (χ1) is 19.9. The number of methoxy groups -OCH3 is 2. The van der Waals surface area contributed by atoms with E-state index < -0.39 is 0 Å². The zero-order chi connectivity index (χ0) is 29.0. The lowest BCUT2D eigenvalue weighted by Crippen LogP contribution is -2.48. The SMILES string of the molecule is COc1ccc(CCN(Cc2ccco2)C(=O)CN(CCN2CCOCC2)C(=O)Nc2ccc(Cl)cc2)cc1OC. The average molecular weight is 585 g/mol. The molecule has 0 unspecified atom stereocenters. The second kappa shape index (κ2) is 15.3. The lowest BCUT2D eigenvalue weighted by atomic mass is 10.1. The van der Waals surface area contributed by atoms with Crippen molar-refractivity contribution in [3.8, 4) is 11.5 Å². The lowest BCUT2D eigenvalue weighted by molar-refractivity contribution is -0.132. The van der Waals surface area contributed by atoms with Crippen LogP contribution in [0.2, 0.25) is 5.02 Å². The van der Waals surface area contributed by atoms with Crippen LogP contribution in [-0.4, -0.2) is 93.3 Å². The van der Waals surface area contributed by atoms with Crippen molar-refractivity contribution in [3.63, 3.8) is 0 Å². The summed E-state index contributed by atoms with van der Waals surface area (Å²) in [6.07, 6.45) is 2.16. The summed E-state index contributed by atoms with van der Waals surface area (Å²) in [7, 11) is 3.18. The Balaban J connectivity index is 1.47. The van der Waals surface area contributed by atoms with Crippen LogP contribution in [0.15, 0.2) is 65.3 Å². The molecule has 3 aromatic rings. The van der Waals surface area contributed by atoms with Crippen LogP contribution in [0.3, 0.4) is 0 Å². The van der Waals surface area contributed by atoms with Gasteiger partial charge in [0.25, 0.3) is 0 Å². The normalized spacial score (nSPS) is 13.4. The molecule has 0 atom stereocenters. The topological polar surface area (TPSA) is 96.7 Å². The minimum absolute atomic E-state index is 0.0869. The highest BCUT2D eigenvalue weighted by molar-refractivity contribution is 6.30. The summed E-state index contributed by atoms with van der Waals surface area (Å²) in [4.78, 5) is 32.6. The van der Waals surface area contributed by atoms with Crippen LogP contribution in [-0.2, 0) is 22.5 Å². The molecule has 220 valence electrons. The molecular weight excluding hydrogens is 548 g/mol. The molecule has 1 saturated heterocycles. The van der Waals surface area contributed by atoms with E-state index in [9.17, 15) is 9.59 Å². The minimum Gasteiger partial charge on any atom is -0.493 e. The van der Waals surface area contributed by atoms with Crippen LogP contribution >= 0.6 is 11.6 Å². The number of hydrogen-bond donors (Lipinski definition) is 1. The van der Waals surface area contributed by atoms with E-state index in [4.69, 9.17) is 30.2 Å². The number of nitrogens with one attached hydrogen (secondary N) is 1. The van der Waals surface area contributed by atoms with Crippen LogP contribution in [0.4, 0.5) is 10.5 Å². The van der Waals surface area contributed by atoms with E-state index in [0.29, 0.717) is 67.2 Å². The third-order valence-electron chi connectivity index (χ3n) is 6.90.